The van der Waals surface area contributed by atoms with Crippen molar-refractivity contribution in [2.75, 3.05) is 0 Å². The van der Waals surface area contributed by atoms with E-state index in [1.807, 2.05) is 60.7 Å². The minimum Gasteiger partial charge on any atom is -0.309 e. The molecule has 12 aromatic rings. The normalized spacial score (nSPS) is 11.5. The molecule has 0 aliphatic heterocycles. The molecule has 3 heterocycles. The first kappa shape index (κ1) is 38.7. The van der Waals surface area contributed by atoms with Gasteiger partial charge in [-0.3, -0.25) is 0 Å². The molecule has 0 saturated heterocycles. The molecule has 0 atom stereocenters. The highest BCUT2D eigenvalue weighted by atomic mass is 19.1. The first-order valence-corrected chi connectivity index (χ1v) is 21.7. The molecule has 0 saturated carbocycles. The molecule has 0 amide bonds. The van der Waals surface area contributed by atoms with Gasteiger partial charge in [0.25, 0.3) is 0 Å². The summed E-state index contributed by atoms with van der Waals surface area (Å²) < 4.78 is 33.9. The molecule has 7 heteroatoms. The van der Waals surface area contributed by atoms with Crippen LogP contribution in [0.1, 0.15) is 5.56 Å². The molecule has 0 aliphatic rings. The molecule has 310 valence electrons. The molecule has 66 heavy (non-hydrogen) atoms. The molecule has 0 N–H and O–H groups in total. The van der Waals surface area contributed by atoms with Crippen molar-refractivity contribution >= 4 is 43.6 Å². The van der Waals surface area contributed by atoms with Crippen molar-refractivity contribution in [1.82, 2.24) is 19.1 Å². The van der Waals surface area contributed by atoms with Crippen molar-refractivity contribution in [2.45, 2.75) is 0 Å². The van der Waals surface area contributed by atoms with E-state index in [9.17, 15) is 14.0 Å². The largest absolute Gasteiger partial charge is 0.309 e. The molecule has 12 rings (SSSR count). The fraction of sp³-hybridized carbons (Fsp3) is 0. The monoisotopic (exact) mass is 851 g/mol. The molecular formula is C59H35F2N5. The lowest BCUT2D eigenvalue weighted by molar-refractivity contribution is 0.584. The van der Waals surface area contributed by atoms with Gasteiger partial charge in [-0.05, 0) is 95.6 Å². The van der Waals surface area contributed by atoms with Crippen LogP contribution in [0.5, 0.6) is 0 Å². The fourth-order valence-electron chi connectivity index (χ4n) is 9.51. The lowest BCUT2D eigenvalue weighted by Crippen LogP contribution is -2.02. The van der Waals surface area contributed by atoms with Crippen molar-refractivity contribution in [2.24, 2.45) is 0 Å². The van der Waals surface area contributed by atoms with Crippen LogP contribution in [0.2, 0.25) is 0 Å². The Morgan fingerprint density at radius 3 is 1.41 bits per heavy atom. The van der Waals surface area contributed by atoms with Crippen molar-refractivity contribution in [3.8, 4) is 73.6 Å². The summed E-state index contributed by atoms with van der Waals surface area (Å²) in [6, 6.07) is 71.5. The Hall–Kier alpha value is -8.99. The van der Waals surface area contributed by atoms with E-state index in [2.05, 4.69) is 137 Å². The van der Waals surface area contributed by atoms with Crippen LogP contribution in [0.25, 0.3) is 111 Å². The van der Waals surface area contributed by atoms with E-state index in [1.54, 1.807) is 12.1 Å². The van der Waals surface area contributed by atoms with Gasteiger partial charge in [-0.15, -0.1) is 0 Å². The van der Waals surface area contributed by atoms with Gasteiger partial charge in [0.05, 0.1) is 56.5 Å². The second kappa shape index (κ2) is 15.7. The lowest BCUT2D eigenvalue weighted by Gasteiger charge is -2.17. The van der Waals surface area contributed by atoms with Gasteiger partial charge in [-0.2, -0.15) is 5.26 Å². The molecule has 5 nitrogen and oxygen atoms in total. The van der Waals surface area contributed by atoms with Crippen LogP contribution in [0, 0.1) is 23.0 Å². The van der Waals surface area contributed by atoms with E-state index in [1.165, 1.54) is 12.1 Å². The van der Waals surface area contributed by atoms with Gasteiger partial charge in [-0.1, -0.05) is 127 Å². The first-order chi connectivity index (χ1) is 32.5. The van der Waals surface area contributed by atoms with Crippen molar-refractivity contribution in [3.63, 3.8) is 0 Å². The Bertz CT molecular complexity index is 3790. The SMILES string of the molecule is N#Cc1ccc(-n2c3ccccc3c3cc(-c4ccc(-n5c6ccccc6c6ccccc65)c(-c5nc(-c6ccccc6)cc(-c6ccccc6)n5)c4)ccc32)c(-c2cc(F)cc(F)c2)c1. The van der Waals surface area contributed by atoms with Gasteiger partial charge in [0.15, 0.2) is 5.82 Å². The van der Waals surface area contributed by atoms with E-state index >= 15 is 0 Å². The van der Waals surface area contributed by atoms with Crippen LogP contribution in [-0.2, 0) is 0 Å². The maximum atomic E-state index is 14.7. The molecule has 0 radical (unpaired) electrons. The molecule has 9 aromatic carbocycles. The third-order valence-electron chi connectivity index (χ3n) is 12.5. The van der Waals surface area contributed by atoms with Crippen LogP contribution in [0.15, 0.2) is 212 Å². The van der Waals surface area contributed by atoms with E-state index < -0.39 is 11.6 Å². The van der Waals surface area contributed by atoms with Gasteiger partial charge in [0, 0.05) is 49.9 Å². The number of fused-ring (bicyclic) bond motifs is 6. The number of aromatic nitrogens is 4. The number of hydrogen-bond donors (Lipinski definition) is 0. The summed E-state index contributed by atoms with van der Waals surface area (Å²) in [6.45, 7) is 0. The Morgan fingerprint density at radius 2 is 0.833 bits per heavy atom. The predicted octanol–water partition coefficient (Wildman–Crippen LogP) is 15.2. The summed E-state index contributed by atoms with van der Waals surface area (Å²) in [5, 5.41) is 14.2. The van der Waals surface area contributed by atoms with Crippen molar-refractivity contribution in [3.05, 3.63) is 230 Å². The first-order valence-electron chi connectivity index (χ1n) is 21.7. The van der Waals surface area contributed by atoms with Gasteiger partial charge in [0.1, 0.15) is 11.6 Å². The molecule has 0 aliphatic carbocycles. The molecule has 0 fully saturated rings. The standard InChI is InChI=1S/C59H35F2N5/c60-43-30-42(31-44(61)34-43)48-29-37(36-62)23-26-56(48)66-55-22-12-9-19-47(55)49-32-40(24-27-57(49)66)41-25-28-58(65-53-20-10-7-17-45(53)46-18-8-11-21-54(46)65)50(33-41)59-63-51(38-13-3-1-4-14-38)35-52(64-59)39-15-5-2-6-16-39/h1-35H. The van der Waals surface area contributed by atoms with E-state index in [4.69, 9.17) is 9.97 Å². The Kier molecular flexibility index (Phi) is 9.18. The maximum Gasteiger partial charge on any atom is 0.162 e. The van der Waals surface area contributed by atoms with E-state index in [-0.39, 0.29) is 0 Å². The van der Waals surface area contributed by atoms with E-state index in [0.717, 1.165) is 94.6 Å². The van der Waals surface area contributed by atoms with Crippen LogP contribution >= 0.6 is 0 Å². The quantitative estimate of drug-likeness (QED) is 0.160. The summed E-state index contributed by atoms with van der Waals surface area (Å²) in [7, 11) is 0. The van der Waals surface area contributed by atoms with Crippen molar-refractivity contribution in [1.29, 1.82) is 5.26 Å². The zero-order chi connectivity index (χ0) is 44.3. The highest BCUT2D eigenvalue weighted by Gasteiger charge is 2.22. The number of para-hydroxylation sites is 3. The minimum absolute atomic E-state index is 0.340. The van der Waals surface area contributed by atoms with Crippen LogP contribution in [0.3, 0.4) is 0 Å². The molecule has 3 aromatic heterocycles. The highest BCUT2D eigenvalue weighted by Crippen LogP contribution is 2.42. The smallest absolute Gasteiger partial charge is 0.162 e. The Morgan fingerprint density at radius 1 is 0.364 bits per heavy atom. The average molecular weight is 852 g/mol. The summed E-state index contributed by atoms with van der Waals surface area (Å²) in [5.41, 5.74) is 13.3. The Labute approximate surface area is 378 Å². The third-order valence-corrected chi connectivity index (χ3v) is 12.5. The Balaban J connectivity index is 1.10. The summed E-state index contributed by atoms with van der Waals surface area (Å²) in [5.74, 6) is -0.793. The van der Waals surface area contributed by atoms with Gasteiger partial charge >= 0.3 is 0 Å². The number of hydrogen-bond acceptors (Lipinski definition) is 3. The second-order valence-corrected chi connectivity index (χ2v) is 16.4. The van der Waals surface area contributed by atoms with Gasteiger partial charge in [-0.25, -0.2) is 18.7 Å². The number of nitriles is 1. The second-order valence-electron chi connectivity index (χ2n) is 16.4. The zero-order valence-electron chi connectivity index (χ0n) is 35.2. The maximum absolute atomic E-state index is 14.7. The molecular weight excluding hydrogens is 817 g/mol. The van der Waals surface area contributed by atoms with Crippen molar-refractivity contribution < 1.29 is 8.78 Å². The lowest BCUT2D eigenvalue weighted by atomic mass is 9.98. The number of rotatable bonds is 7. The summed E-state index contributed by atoms with van der Waals surface area (Å²) >= 11 is 0. The highest BCUT2D eigenvalue weighted by molar-refractivity contribution is 6.12. The number of halogens is 2. The third kappa shape index (κ3) is 6.51. The molecule has 0 unspecified atom stereocenters. The zero-order valence-corrected chi connectivity index (χ0v) is 35.2. The fourth-order valence-corrected chi connectivity index (χ4v) is 9.51. The predicted molar refractivity (Wildman–Crippen MR) is 263 cm³/mol. The molecule has 0 spiro atoms. The van der Waals surface area contributed by atoms with Gasteiger partial charge < -0.3 is 9.13 Å². The number of nitrogens with zero attached hydrogens (tertiary/aromatic N) is 5. The van der Waals surface area contributed by atoms with Crippen LogP contribution < -0.4 is 0 Å². The number of benzene rings is 9. The molecule has 0 bridgehead atoms. The van der Waals surface area contributed by atoms with Crippen LogP contribution in [0.4, 0.5) is 8.78 Å². The van der Waals surface area contributed by atoms with E-state index in [0.29, 0.717) is 28.2 Å². The van der Waals surface area contributed by atoms with Gasteiger partial charge in [0.2, 0.25) is 0 Å². The average Bonchev–Trinajstić information content (AvgIpc) is 3.88. The van der Waals surface area contributed by atoms with Crippen LogP contribution in [-0.4, -0.2) is 19.1 Å². The minimum atomic E-state index is -0.692. The summed E-state index contributed by atoms with van der Waals surface area (Å²) in [4.78, 5) is 10.7. The topological polar surface area (TPSA) is 59.4 Å². The summed E-state index contributed by atoms with van der Waals surface area (Å²) in [6.07, 6.45) is 0.